The largest absolute Gasteiger partial charge is 1.00 e. The molecule has 0 amide bonds. The SMILES string of the molecule is [Li+].[Li+].[O-]c1c(-c2c3ccccc3c(-c3ccc4ccc[nH+]c4c3[O-])c3cc(-c4nc(-c5ccccc5)nc(-c5ccccc5)n4)ccc23)ccc2ccc[nH+]c12. The second kappa shape index (κ2) is 15.1. The summed E-state index contributed by atoms with van der Waals surface area (Å²) in [6.45, 7) is 0. The van der Waals surface area contributed by atoms with Gasteiger partial charge in [-0.05, 0) is 85.6 Å². The van der Waals surface area contributed by atoms with Gasteiger partial charge in [-0.15, -0.1) is 0 Å². The molecule has 0 fully saturated rings. The third-order valence-corrected chi connectivity index (χ3v) is 10.1. The number of rotatable bonds is 5. The molecule has 3 aromatic heterocycles. The van der Waals surface area contributed by atoms with Crippen LogP contribution in [0.15, 0.2) is 164 Å². The van der Waals surface area contributed by atoms with Crippen molar-refractivity contribution in [2.45, 2.75) is 0 Å². The third-order valence-electron chi connectivity index (χ3n) is 10.1. The fraction of sp³-hybridized carbons (Fsp3) is 0. The Morgan fingerprint density at radius 3 is 1.30 bits per heavy atom. The second-order valence-electron chi connectivity index (χ2n) is 13.2. The first-order chi connectivity index (χ1) is 26.6. The van der Waals surface area contributed by atoms with Gasteiger partial charge in [0, 0.05) is 39.6 Å². The topological polar surface area (TPSA) is 113 Å². The zero-order valence-electron chi connectivity index (χ0n) is 30.7. The molecular formula is C47H29Li2N5O2+2. The van der Waals surface area contributed by atoms with Gasteiger partial charge in [0.15, 0.2) is 29.9 Å². The number of hydrogen-bond donors (Lipinski definition) is 0. The summed E-state index contributed by atoms with van der Waals surface area (Å²) in [7, 11) is 0. The van der Waals surface area contributed by atoms with Crippen molar-refractivity contribution in [2.75, 3.05) is 0 Å². The van der Waals surface area contributed by atoms with Crippen molar-refractivity contribution in [1.82, 2.24) is 15.0 Å². The van der Waals surface area contributed by atoms with E-state index in [2.05, 4.69) is 16.0 Å². The molecule has 56 heavy (non-hydrogen) atoms. The monoisotopic (exact) mass is 709 g/mol. The summed E-state index contributed by atoms with van der Waals surface area (Å²) < 4.78 is 0. The number of nitrogens with zero attached hydrogens (tertiary/aromatic N) is 3. The molecule has 0 aliphatic rings. The van der Waals surface area contributed by atoms with E-state index in [1.54, 1.807) is 12.4 Å². The number of fused-ring (bicyclic) bond motifs is 4. The predicted molar refractivity (Wildman–Crippen MR) is 209 cm³/mol. The van der Waals surface area contributed by atoms with E-state index in [9.17, 15) is 10.2 Å². The van der Waals surface area contributed by atoms with Crippen LogP contribution in [0.3, 0.4) is 0 Å². The molecule has 0 bridgehead atoms. The first-order valence-corrected chi connectivity index (χ1v) is 17.7. The number of H-pyrrole nitrogens is 2. The summed E-state index contributed by atoms with van der Waals surface area (Å²) in [5.74, 6) is 1.38. The molecule has 7 aromatic carbocycles. The van der Waals surface area contributed by atoms with Crippen LogP contribution in [0.1, 0.15) is 0 Å². The molecule has 10 aromatic rings. The molecule has 0 aliphatic heterocycles. The molecule has 0 unspecified atom stereocenters. The van der Waals surface area contributed by atoms with E-state index in [0.717, 1.165) is 60.1 Å². The van der Waals surface area contributed by atoms with Gasteiger partial charge in [-0.3, -0.25) is 0 Å². The number of hydrogen-bond acceptors (Lipinski definition) is 5. The molecule has 10 rings (SSSR count). The normalized spacial score (nSPS) is 11.1. The van der Waals surface area contributed by atoms with E-state index in [0.29, 0.717) is 39.6 Å². The Kier molecular flexibility index (Phi) is 9.87. The van der Waals surface area contributed by atoms with Crippen molar-refractivity contribution in [3.63, 3.8) is 0 Å². The Hall–Kier alpha value is -6.32. The summed E-state index contributed by atoms with van der Waals surface area (Å²) in [5, 5.41) is 33.7. The molecule has 0 aliphatic carbocycles. The van der Waals surface area contributed by atoms with Crippen molar-refractivity contribution in [3.8, 4) is 67.9 Å². The van der Waals surface area contributed by atoms with Crippen molar-refractivity contribution >= 4 is 43.4 Å². The zero-order valence-corrected chi connectivity index (χ0v) is 30.7. The summed E-state index contributed by atoms with van der Waals surface area (Å²) >= 11 is 0. The minimum Gasteiger partial charge on any atom is -0.868 e. The number of aromatic amines is 2. The molecule has 254 valence electrons. The van der Waals surface area contributed by atoms with Crippen LogP contribution >= 0.6 is 0 Å². The van der Waals surface area contributed by atoms with Gasteiger partial charge < -0.3 is 10.2 Å². The Bertz CT molecular complexity index is 3030. The molecule has 9 heteroatoms. The summed E-state index contributed by atoms with van der Waals surface area (Å²) in [4.78, 5) is 21.3. The van der Waals surface area contributed by atoms with Crippen molar-refractivity contribution in [1.29, 1.82) is 0 Å². The van der Waals surface area contributed by atoms with Crippen LogP contribution in [0, 0.1) is 0 Å². The van der Waals surface area contributed by atoms with Crippen LogP contribution < -0.4 is 57.9 Å². The molecule has 7 nitrogen and oxygen atoms in total. The Balaban J connectivity index is 0.00000220. The molecular weight excluding hydrogens is 680 g/mol. The molecule has 2 N–H and O–H groups in total. The Morgan fingerprint density at radius 2 is 0.804 bits per heavy atom. The van der Waals surface area contributed by atoms with Gasteiger partial charge in [0.25, 0.3) is 0 Å². The van der Waals surface area contributed by atoms with Crippen LogP contribution in [0.5, 0.6) is 11.5 Å². The van der Waals surface area contributed by atoms with E-state index in [1.807, 2.05) is 146 Å². The minimum atomic E-state index is -0.111. The van der Waals surface area contributed by atoms with Gasteiger partial charge in [-0.1, -0.05) is 109 Å². The van der Waals surface area contributed by atoms with Gasteiger partial charge in [-0.25, -0.2) is 24.9 Å². The first kappa shape index (κ1) is 36.7. The van der Waals surface area contributed by atoms with Crippen LogP contribution in [-0.4, -0.2) is 15.0 Å². The van der Waals surface area contributed by atoms with Crippen LogP contribution in [-0.2, 0) is 0 Å². The average molecular weight is 710 g/mol. The second-order valence-corrected chi connectivity index (χ2v) is 13.2. The molecule has 0 spiro atoms. The molecule has 0 saturated heterocycles. The average Bonchev–Trinajstić information content (AvgIpc) is 3.24. The van der Waals surface area contributed by atoms with Gasteiger partial charge in [0.2, 0.25) is 11.0 Å². The first-order valence-electron chi connectivity index (χ1n) is 17.7. The number of aromatic nitrogens is 5. The van der Waals surface area contributed by atoms with E-state index in [-0.39, 0.29) is 49.2 Å². The van der Waals surface area contributed by atoms with Crippen LogP contribution in [0.25, 0.3) is 99.8 Å². The third kappa shape index (κ3) is 6.18. The number of benzene rings is 7. The summed E-state index contributed by atoms with van der Waals surface area (Å²) in [6.07, 6.45) is 3.54. The Labute approximate surface area is 346 Å². The maximum absolute atomic E-state index is 14.4. The van der Waals surface area contributed by atoms with E-state index in [1.165, 1.54) is 0 Å². The van der Waals surface area contributed by atoms with Crippen LogP contribution in [0.4, 0.5) is 0 Å². The maximum atomic E-state index is 14.4. The summed E-state index contributed by atoms with van der Waals surface area (Å²) in [5.41, 5.74) is 6.23. The van der Waals surface area contributed by atoms with Gasteiger partial charge in [0.05, 0.1) is 0 Å². The standard InChI is InChI=1S/C47H29N5O2.2Li/c53-43-36(23-19-28-15-9-25-48-41(28)43)39-33-17-7-8-18-34(33)40(37-24-20-29-16-10-26-49-42(29)44(37)54)38-27-32(21-22-35(38)39)47-51-45(30-11-3-1-4-12-30)50-46(52-47)31-13-5-2-6-14-31;;/h1-27,53-54H;;/q;2*+1. The fourth-order valence-corrected chi connectivity index (χ4v) is 7.57. The summed E-state index contributed by atoms with van der Waals surface area (Å²) in [6, 6.07) is 49.2. The number of pyridine rings is 2. The zero-order chi connectivity index (χ0) is 36.2. The fourth-order valence-electron chi connectivity index (χ4n) is 7.57. The smallest absolute Gasteiger partial charge is 0.868 e. The van der Waals surface area contributed by atoms with Crippen molar-refractivity contribution in [3.05, 3.63) is 164 Å². The van der Waals surface area contributed by atoms with Crippen molar-refractivity contribution in [2.24, 2.45) is 0 Å². The molecule has 0 atom stereocenters. The Morgan fingerprint density at radius 1 is 0.375 bits per heavy atom. The quantitative estimate of drug-likeness (QED) is 0.202. The van der Waals surface area contributed by atoms with E-state index < -0.39 is 0 Å². The van der Waals surface area contributed by atoms with Gasteiger partial charge in [0.1, 0.15) is 0 Å². The maximum Gasteiger partial charge on any atom is 1.00 e. The van der Waals surface area contributed by atoms with Gasteiger partial charge in [-0.2, -0.15) is 0 Å². The van der Waals surface area contributed by atoms with Gasteiger partial charge >= 0.3 is 37.7 Å². The molecule has 3 heterocycles. The minimum absolute atomic E-state index is 0. The molecule has 0 saturated carbocycles. The van der Waals surface area contributed by atoms with E-state index >= 15 is 0 Å². The van der Waals surface area contributed by atoms with Crippen LogP contribution in [0.2, 0.25) is 0 Å². The molecule has 0 radical (unpaired) electrons. The van der Waals surface area contributed by atoms with E-state index in [4.69, 9.17) is 15.0 Å². The number of nitrogens with one attached hydrogen (secondary N) is 2. The predicted octanol–water partition coefficient (Wildman–Crippen LogP) is 2.60. The van der Waals surface area contributed by atoms with Crippen molar-refractivity contribution < 1.29 is 57.9 Å².